The van der Waals surface area contributed by atoms with Gasteiger partial charge in [0.15, 0.2) is 6.61 Å². The molecule has 0 atom stereocenters. The molecule has 92 valence electrons. The number of ether oxygens (including phenoxy) is 1. The molecule has 0 fully saturated rings. The molecule has 2 aromatic rings. The van der Waals surface area contributed by atoms with Gasteiger partial charge in [0, 0.05) is 5.69 Å². The average Bonchev–Trinajstić information content (AvgIpc) is 2.81. The van der Waals surface area contributed by atoms with Crippen molar-refractivity contribution in [3.63, 3.8) is 0 Å². The maximum atomic E-state index is 8.40. The Balaban J connectivity index is 1.91. The van der Waals surface area contributed by atoms with Crippen LogP contribution in [0.25, 0.3) is 0 Å². The van der Waals surface area contributed by atoms with Gasteiger partial charge in [0.05, 0.1) is 12.8 Å². The van der Waals surface area contributed by atoms with E-state index in [0.717, 1.165) is 17.0 Å². The first kappa shape index (κ1) is 12.1. The predicted molar refractivity (Wildman–Crippen MR) is 68.3 cm³/mol. The third-order valence-corrected chi connectivity index (χ3v) is 2.58. The second-order valence-electron chi connectivity index (χ2n) is 3.85. The molecule has 0 aliphatic carbocycles. The molecule has 0 unspecified atom stereocenters. The Morgan fingerprint density at radius 3 is 2.67 bits per heavy atom. The highest BCUT2D eigenvalue weighted by Gasteiger charge is 2.01. The third kappa shape index (κ3) is 3.05. The van der Waals surface area contributed by atoms with Gasteiger partial charge < -0.3 is 14.5 Å². The summed E-state index contributed by atoms with van der Waals surface area (Å²) in [6, 6.07) is 11.3. The molecule has 18 heavy (non-hydrogen) atoms. The molecule has 0 amide bonds. The van der Waals surface area contributed by atoms with Gasteiger partial charge in [-0.3, -0.25) is 0 Å². The van der Waals surface area contributed by atoms with E-state index in [1.807, 2.05) is 43.3 Å². The van der Waals surface area contributed by atoms with Crippen molar-refractivity contribution < 1.29 is 9.15 Å². The lowest BCUT2D eigenvalue weighted by Gasteiger charge is -2.06. The van der Waals surface area contributed by atoms with Crippen molar-refractivity contribution >= 4 is 5.69 Å². The Kier molecular flexibility index (Phi) is 3.87. The molecule has 0 saturated carbocycles. The number of hydrogen-bond donors (Lipinski definition) is 1. The summed E-state index contributed by atoms with van der Waals surface area (Å²) < 4.78 is 10.5. The molecule has 4 heteroatoms. The first-order valence-corrected chi connectivity index (χ1v) is 5.66. The van der Waals surface area contributed by atoms with Crippen molar-refractivity contribution in [3.05, 3.63) is 47.9 Å². The molecule has 0 aliphatic heterocycles. The third-order valence-electron chi connectivity index (χ3n) is 2.58. The van der Waals surface area contributed by atoms with Gasteiger partial charge >= 0.3 is 0 Å². The fraction of sp³-hybridized carbons (Fsp3) is 0.214. The summed E-state index contributed by atoms with van der Waals surface area (Å²) in [6.07, 6.45) is 1.69. The van der Waals surface area contributed by atoms with E-state index in [2.05, 4.69) is 5.32 Å². The van der Waals surface area contributed by atoms with Gasteiger partial charge in [-0.05, 0) is 42.8 Å². The number of hydrogen-bond acceptors (Lipinski definition) is 4. The van der Waals surface area contributed by atoms with Gasteiger partial charge in [-0.1, -0.05) is 0 Å². The lowest BCUT2D eigenvalue weighted by atomic mass is 10.2. The fourth-order valence-electron chi connectivity index (χ4n) is 1.55. The van der Waals surface area contributed by atoms with Gasteiger partial charge in [0.2, 0.25) is 0 Å². The molecule has 0 aliphatic rings. The highest BCUT2D eigenvalue weighted by Crippen LogP contribution is 2.17. The van der Waals surface area contributed by atoms with Crippen LogP contribution in [0.3, 0.4) is 0 Å². The number of furan rings is 1. The van der Waals surface area contributed by atoms with Gasteiger partial charge in [-0.2, -0.15) is 5.26 Å². The average molecular weight is 242 g/mol. The summed E-state index contributed by atoms with van der Waals surface area (Å²) in [5, 5.41) is 11.7. The maximum absolute atomic E-state index is 8.40. The molecule has 1 heterocycles. The van der Waals surface area contributed by atoms with E-state index in [-0.39, 0.29) is 6.61 Å². The topological polar surface area (TPSA) is 58.2 Å². The van der Waals surface area contributed by atoms with Crippen LogP contribution in [-0.4, -0.2) is 6.61 Å². The monoisotopic (exact) mass is 242 g/mol. The molecule has 2 rings (SSSR count). The lowest BCUT2D eigenvalue weighted by Crippen LogP contribution is -1.99. The van der Waals surface area contributed by atoms with E-state index in [4.69, 9.17) is 14.4 Å². The smallest absolute Gasteiger partial charge is 0.174 e. The van der Waals surface area contributed by atoms with Gasteiger partial charge in [0.25, 0.3) is 0 Å². The molecule has 0 spiro atoms. The van der Waals surface area contributed by atoms with Crippen LogP contribution in [0.4, 0.5) is 5.69 Å². The number of nitrogens with one attached hydrogen (secondary N) is 1. The van der Waals surface area contributed by atoms with Crippen LogP contribution in [0, 0.1) is 18.3 Å². The summed E-state index contributed by atoms with van der Waals surface area (Å²) in [4.78, 5) is 0. The molecule has 4 nitrogen and oxygen atoms in total. The summed E-state index contributed by atoms with van der Waals surface area (Å²) in [5.41, 5.74) is 2.12. The normalized spacial score (nSPS) is 9.78. The van der Waals surface area contributed by atoms with E-state index >= 15 is 0 Å². The van der Waals surface area contributed by atoms with Crippen LogP contribution in [0.15, 0.2) is 41.0 Å². The van der Waals surface area contributed by atoms with Crippen LogP contribution in [0.1, 0.15) is 11.3 Å². The van der Waals surface area contributed by atoms with Crippen molar-refractivity contribution in [1.82, 2.24) is 0 Å². The maximum Gasteiger partial charge on any atom is 0.174 e. The minimum Gasteiger partial charge on any atom is -0.479 e. The van der Waals surface area contributed by atoms with Crippen molar-refractivity contribution in [1.29, 1.82) is 5.26 Å². The van der Waals surface area contributed by atoms with Crippen LogP contribution >= 0.6 is 0 Å². The van der Waals surface area contributed by atoms with Crippen molar-refractivity contribution in [3.8, 4) is 11.8 Å². The van der Waals surface area contributed by atoms with Crippen LogP contribution in [-0.2, 0) is 6.54 Å². The number of anilines is 1. The predicted octanol–water partition coefficient (Wildman–Crippen LogP) is 3.10. The molecule has 1 aromatic carbocycles. The Bertz CT molecular complexity index is 538. The zero-order valence-corrected chi connectivity index (χ0v) is 10.1. The highest BCUT2D eigenvalue weighted by atomic mass is 16.5. The van der Waals surface area contributed by atoms with Crippen molar-refractivity contribution in [2.45, 2.75) is 13.5 Å². The zero-order valence-electron chi connectivity index (χ0n) is 10.1. The van der Waals surface area contributed by atoms with Crippen molar-refractivity contribution in [2.75, 3.05) is 11.9 Å². The minimum atomic E-state index is 0.0678. The Hall–Kier alpha value is -2.41. The van der Waals surface area contributed by atoms with Gasteiger partial charge in [-0.15, -0.1) is 0 Å². The minimum absolute atomic E-state index is 0.0678. The number of aryl methyl sites for hydroxylation is 1. The quantitative estimate of drug-likeness (QED) is 0.875. The summed E-state index contributed by atoms with van der Waals surface area (Å²) in [7, 11) is 0. The lowest BCUT2D eigenvalue weighted by molar-refractivity contribution is 0.368. The molecule has 1 aromatic heterocycles. The summed E-state index contributed by atoms with van der Waals surface area (Å²) in [5.74, 6) is 1.62. The van der Waals surface area contributed by atoms with Crippen LogP contribution in [0.5, 0.6) is 5.75 Å². The molecule has 1 N–H and O–H groups in total. The first-order chi connectivity index (χ1) is 8.79. The number of nitrogens with zero attached hydrogens (tertiary/aromatic N) is 1. The Labute approximate surface area is 106 Å². The number of benzene rings is 1. The molecular weight excluding hydrogens is 228 g/mol. The summed E-state index contributed by atoms with van der Waals surface area (Å²) in [6.45, 7) is 2.73. The SMILES string of the molecule is Cc1ccoc1CNc1ccc(OCC#N)cc1. The molecule has 0 saturated heterocycles. The fourth-order valence-corrected chi connectivity index (χ4v) is 1.55. The summed E-state index contributed by atoms with van der Waals surface area (Å²) >= 11 is 0. The highest BCUT2D eigenvalue weighted by molar-refractivity contribution is 5.46. The molecule has 0 radical (unpaired) electrons. The van der Waals surface area contributed by atoms with Crippen molar-refractivity contribution in [2.24, 2.45) is 0 Å². The number of nitriles is 1. The van der Waals surface area contributed by atoms with E-state index in [0.29, 0.717) is 12.3 Å². The zero-order chi connectivity index (χ0) is 12.8. The van der Waals surface area contributed by atoms with E-state index in [1.54, 1.807) is 6.26 Å². The Morgan fingerprint density at radius 1 is 1.28 bits per heavy atom. The standard InChI is InChI=1S/C14H14N2O2/c1-11-6-8-18-14(11)10-16-12-2-4-13(5-3-12)17-9-7-15/h2-6,8,16H,9-10H2,1H3. The Morgan fingerprint density at radius 2 is 2.06 bits per heavy atom. The van der Waals surface area contributed by atoms with Gasteiger partial charge in [-0.25, -0.2) is 0 Å². The van der Waals surface area contributed by atoms with E-state index < -0.39 is 0 Å². The van der Waals surface area contributed by atoms with E-state index in [1.165, 1.54) is 0 Å². The van der Waals surface area contributed by atoms with Crippen LogP contribution < -0.4 is 10.1 Å². The van der Waals surface area contributed by atoms with Crippen LogP contribution in [0.2, 0.25) is 0 Å². The molecule has 0 bridgehead atoms. The van der Waals surface area contributed by atoms with E-state index in [9.17, 15) is 0 Å². The largest absolute Gasteiger partial charge is 0.479 e. The number of rotatable bonds is 5. The first-order valence-electron chi connectivity index (χ1n) is 5.66. The molecular formula is C14H14N2O2. The second-order valence-corrected chi connectivity index (χ2v) is 3.85. The van der Waals surface area contributed by atoms with Gasteiger partial charge in [0.1, 0.15) is 17.6 Å². The second kappa shape index (κ2) is 5.78.